The van der Waals surface area contributed by atoms with Crippen molar-refractivity contribution >= 4 is 5.91 Å². The molecule has 106 valence electrons. The summed E-state index contributed by atoms with van der Waals surface area (Å²) in [5, 5.41) is 11.5. The maximum Gasteiger partial charge on any atom is 0.223 e. The lowest BCUT2D eigenvalue weighted by atomic mass is 9.93. The fourth-order valence-corrected chi connectivity index (χ4v) is 2.34. The number of hydrogen-bond donors (Lipinski definition) is 3. The van der Waals surface area contributed by atoms with Crippen molar-refractivity contribution in [2.75, 3.05) is 6.61 Å². The van der Waals surface area contributed by atoms with Crippen LogP contribution in [0.5, 0.6) is 0 Å². The third-order valence-corrected chi connectivity index (χ3v) is 3.52. The Morgan fingerprint density at radius 2 is 2.42 bits per heavy atom. The van der Waals surface area contributed by atoms with Crippen LogP contribution < -0.4 is 11.0 Å². The van der Waals surface area contributed by atoms with Crippen molar-refractivity contribution in [1.82, 2.24) is 20.5 Å². The first-order chi connectivity index (χ1) is 9.10. The zero-order valence-electron chi connectivity index (χ0n) is 11.2. The van der Waals surface area contributed by atoms with E-state index < -0.39 is 0 Å². The molecule has 0 radical (unpaired) electrons. The van der Waals surface area contributed by atoms with Gasteiger partial charge >= 0.3 is 0 Å². The molecule has 3 unspecified atom stereocenters. The Kier molecular flexibility index (Phi) is 4.52. The van der Waals surface area contributed by atoms with Crippen molar-refractivity contribution < 1.29 is 14.8 Å². The number of carbonyl (C=O) groups is 1. The predicted octanol–water partition coefficient (Wildman–Crippen LogP) is 0.107. The molecule has 1 aromatic rings. The molecule has 1 aliphatic rings. The molecule has 0 spiro atoms. The van der Waals surface area contributed by atoms with Gasteiger partial charge in [0.1, 0.15) is 0 Å². The smallest absolute Gasteiger partial charge is 0.223 e. The minimum Gasteiger partial charge on any atom is -0.353 e. The van der Waals surface area contributed by atoms with Gasteiger partial charge in [-0.15, -0.1) is 0 Å². The van der Waals surface area contributed by atoms with E-state index in [-0.39, 0.29) is 30.4 Å². The number of imidazole rings is 1. The molecule has 3 N–H and O–H groups in total. The summed E-state index contributed by atoms with van der Waals surface area (Å²) in [6.45, 7) is 4.70. The molecule has 2 heterocycles. The first kappa shape index (κ1) is 14.0. The summed E-state index contributed by atoms with van der Waals surface area (Å²) in [6.07, 6.45) is 4.48. The van der Waals surface area contributed by atoms with Crippen molar-refractivity contribution in [1.29, 1.82) is 0 Å². The van der Waals surface area contributed by atoms with Gasteiger partial charge in [0.2, 0.25) is 5.91 Å². The third kappa shape index (κ3) is 3.52. The van der Waals surface area contributed by atoms with Crippen LogP contribution in [0.4, 0.5) is 0 Å². The molecule has 3 atom stereocenters. The van der Waals surface area contributed by atoms with Crippen LogP contribution in [0.25, 0.3) is 0 Å². The van der Waals surface area contributed by atoms with Gasteiger partial charge in [0, 0.05) is 37.0 Å². The summed E-state index contributed by atoms with van der Waals surface area (Å²) < 4.78 is 1.96. The minimum atomic E-state index is -0.209. The molecule has 7 nitrogen and oxygen atoms in total. The average molecular weight is 268 g/mol. The van der Waals surface area contributed by atoms with Gasteiger partial charge in [-0.2, -0.15) is 0 Å². The number of amides is 1. The van der Waals surface area contributed by atoms with Gasteiger partial charge in [-0.3, -0.25) is 14.8 Å². The van der Waals surface area contributed by atoms with Gasteiger partial charge < -0.3 is 9.88 Å². The van der Waals surface area contributed by atoms with Crippen LogP contribution in [0, 0.1) is 11.8 Å². The van der Waals surface area contributed by atoms with Crippen LogP contribution in [-0.2, 0) is 22.6 Å². The quantitative estimate of drug-likeness (QED) is 0.677. The van der Waals surface area contributed by atoms with E-state index in [9.17, 15) is 4.79 Å². The van der Waals surface area contributed by atoms with Crippen LogP contribution in [0.2, 0.25) is 0 Å². The Bertz CT molecular complexity index is 434. The molecule has 1 aliphatic heterocycles. The van der Waals surface area contributed by atoms with Crippen LogP contribution >= 0.6 is 0 Å². The number of rotatable bonds is 3. The summed E-state index contributed by atoms with van der Waals surface area (Å²) in [6, 6.07) is 0.0499. The van der Waals surface area contributed by atoms with Crippen LogP contribution in [0.15, 0.2) is 12.5 Å². The number of fused-ring (bicyclic) bond motifs is 2. The molecule has 2 bridgehead atoms. The van der Waals surface area contributed by atoms with Gasteiger partial charge in [0.05, 0.1) is 18.6 Å². The topological polar surface area (TPSA) is 88.4 Å². The normalized spacial score (nSPS) is 27.9. The molecule has 1 amide bonds. The molecule has 0 aliphatic carbocycles. The minimum absolute atomic E-state index is 0.00198. The third-order valence-electron chi connectivity index (χ3n) is 3.52. The van der Waals surface area contributed by atoms with Crippen molar-refractivity contribution in [2.45, 2.75) is 32.9 Å². The van der Waals surface area contributed by atoms with E-state index in [4.69, 9.17) is 10.0 Å². The Morgan fingerprint density at radius 1 is 1.63 bits per heavy atom. The molecule has 1 aromatic heterocycles. The second kappa shape index (κ2) is 6.14. The standard InChI is InChI=1S/C12H20N4O3/c1-8-3-11-5-16(7-13-11)4-10(6-19-15-18)9(2)12(17)14-8/h5,7-10,15,18H,3-4,6H2,1-2H3,(H,14,17). The Labute approximate surface area is 111 Å². The van der Waals surface area contributed by atoms with Gasteiger partial charge in [0.25, 0.3) is 0 Å². The van der Waals surface area contributed by atoms with Crippen molar-refractivity contribution in [3.05, 3.63) is 18.2 Å². The van der Waals surface area contributed by atoms with Crippen LogP contribution in [-0.4, -0.2) is 33.3 Å². The SMILES string of the molecule is CC1Cc2cn(cn2)CC(CONO)C(C)C(=O)N1. The van der Waals surface area contributed by atoms with E-state index in [0.717, 1.165) is 12.1 Å². The molecule has 0 fully saturated rings. The predicted molar refractivity (Wildman–Crippen MR) is 67.1 cm³/mol. The zero-order chi connectivity index (χ0) is 13.8. The second-order valence-electron chi connectivity index (χ2n) is 5.13. The fraction of sp³-hybridized carbons (Fsp3) is 0.667. The lowest BCUT2D eigenvalue weighted by Crippen LogP contribution is -2.42. The van der Waals surface area contributed by atoms with E-state index in [1.54, 1.807) is 12.0 Å². The van der Waals surface area contributed by atoms with Gasteiger partial charge in [-0.1, -0.05) is 12.6 Å². The second-order valence-corrected chi connectivity index (χ2v) is 5.13. The molecule has 7 heteroatoms. The number of nitrogens with one attached hydrogen (secondary N) is 2. The highest BCUT2D eigenvalue weighted by Gasteiger charge is 2.27. The Hall–Kier alpha value is -1.44. The molecule has 0 saturated carbocycles. The van der Waals surface area contributed by atoms with Crippen LogP contribution in [0.1, 0.15) is 19.5 Å². The monoisotopic (exact) mass is 268 g/mol. The molecular weight excluding hydrogens is 248 g/mol. The first-order valence-corrected chi connectivity index (χ1v) is 6.42. The highest BCUT2D eigenvalue weighted by Crippen LogP contribution is 2.17. The molecule has 0 aromatic carbocycles. The highest BCUT2D eigenvalue weighted by molar-refractivity contribution is 5.78. The number of nitrogens with zero attached hydrogens (tertiary/aromatic N) is 2. The summed E-state index contributed by atoms with van der Waals surface area (Å²) in [4.78, 5) is 21.3. The molecule has 19 heavy (non-hydrogen) atoms. The highest BCUT2D eigenvalue weighted by atomic mass is 16.8. The number of hydrogen-bond acceptors (Lipinski definition) is 5. The fourth-order valence-electron chi connectivity index (χ4n) is 2.34. The van der Waals surface area contributed by atoms with E-state index >= 15 is 0 Å². The summed E-state index contributed by atoms with van der Waals surface area (Å²) in [5.74, 6) is -0.256. The largest absolute Gasteiger partial charge is 0.353 e. The summed E-state index contributed by atoms with van der Waals surface area (Å²) >= 11 is 0. The van der Waals surface area contributed by atoms with E-state index in [0.29, 0.717) is 6.54 Å². The summed E-state index contributed by atoms with van der Waals surface area (Å²) in [5.41, 5.74) is 2.63. The number of carbonyl (C=O) groups excluding carboxylic acids is 1. The average Bonchev–Trinajstić information content (AvgIpc) is 2.79. The van der Waals surface area contributed by atoms with Crippen molar-refractivity contribution in [2.24, 2.45) is 11.8 Å². The van der Waals surface area contributed by atoms with E-state index in [1.165, 1.54) is 0 Å². The van der Waals surface area contributed by atoms with Crippen molar-refractivity contribution in [3.8, 4) is 0 Å². The van der Waals surface area contributed by atoms with Gasteiger partial charge in [-0.25, -0.2) is 4.98 Å². The molecule has 0 saturated heterocycles. The van der Waals surface area contributed by atoms with Crippen LogP contribution in [0.3, 0.4) is 0 Å². The zero-order valence-corrected chi connectivity index (χ0v) is 11.2. The summed E-state index contributed by atoms with van der Waals surface area (Å²) in [7, 11) is 0. The lowest BCUT2D eigenvalue weighted by Gasteiger charge is -2.25. The van der Waals surface area contributed by atoms with Gasteiger partial charge in [-0.05, 0) is 6.92 Å². The van der Waals surface area contributed by atoms with E-state index in [2.05, 4.69) is 10.3 Å². The van der Waals surface area contributed by atoms with E-state index in [1.807, 2.05) is 24.6 Å². The lowest BCUT2D eigenvalue weighted by molar-refractivity contribution is -0.147. The number of aromatic nitrogens is 2. The maximum atomic E-state index is 12.1. The maximum absolute atomic E-state index is 12.1. The Morgan fingerprint density at radius 3 is 3.16 bits per heavy atom. The Balaban J connectivity index is 2.19. The van der Waals surface area contributed by atoms with Crippen molar-refractivity contribution in [3.63, 3.8) is 0 Å². The molecule has 2 rings (SSSR count). The van der Waals surface area contributed by atoms with Gasteiger partial charge in [0.15, 0.2) is 0 Å². The first-order valence-electron chi connectivity index (χ1n) is 6.42. The molecular formula is C12H20N4O3.